The van der Waals surface area contributed by atoms with Crippen LogP contribution in [0, 0.1) is 5.92 Å². The highest BCUT2D eigenvalue weighted by molar-refractivity contribution is 5.87. The molecule has 0 heterocycles. The average molecular weight is 293 g/mol. The van der Waals surface area contributed by atoms with Crippen LogP contribution in [0.3, 0.4) is 0 Å². The maximum Gasteiger partial charge on any atom is 0.237 e. The van der Waals surface area contributed by atoms with E-state index in [0.29, 0.717) is 6.54 Å². The standard InChI is InChI=1S/C16H20N2O.ClH/c1-11(2)15(17)16(19)18-10-13-8-5-7-12-6-3-4-9-14(12)13;/h3-9,11,15H,10,17H2,1-2H3,(H,18,19);1H/t15-;/m1./s1. The van der Waals surface area contributed by atoms with Gasteiger partial charge < -0.3 is 11.1 Å². The minimum Gasteiger partial charge on any atom is -0.351 e. The molecule has 3 nitrogen and oxygen atoms in total. The summed E-state index contributed by atoms with van der Waals surface area (Å²) in [6, 6.07) is 13.8. The van der Waals surface area contributed by atoms with Crippen LogP contribution in [-0.2, 0) is 11.3 Å². The van der Waals surface area contributed by atoms with Crippen molar-refractivity contribution in [2.24, 2.45) is 11.7 Å². The van der Waals surface area contributed by atoms with Gasteiger partial charge in [-0.3, -0.25) is 4.79 Å². The van der Waals surface area contributed by atoms with Crippen LogP contribution in [0.25, 0.3) is 10.8 Å². The van der Waals surface area contributed by atoms with Crippen molar-refractivity contribution in [1.82, 2.24) is 5.32 Å². The number of fused-ring (bicyclic) bond motifs is 1. The lowest BCUT2D eigenvalue weighted by molar-refractivity contribution is -0.123. The van der Waals surface area contributed by atoms with Gasteiger partial charge >= 0.3 is 0 Å². The van der Waals surface area contributed by atoms with Gasteiger partial charge in [0.25, 0.3) is 0 Å². The summed E-state index contributed by atoms with van der Waals surface area (Å²) in [7, 11) is 0. The molecule has 0 aliphatic carbocycles. The Balaban J connectivity index is 0.00000200. The summed E-state index contributed by atoms with van der Waals surface area (Å²) in [5, 5.41) is 5.26. The molecule has 0 saturated carbocycles. The molecule has 1 amide bonds. The van der Waals surface area contributed by atoms with Crippen LogP contribution in [0.4, 0.5) is 0 Å². The predicted molar refractivity (Wildman–Crippen MR) is 85.9 cm³/mol. The van der Waals surface area contributed by atoms with Gasteiger partial charge in [-0.05, 0) is 22.3 Å². The monoisotopic (exact) mass is 292 g/mol. The van der Waals surface area contributed by atoms with Crippen LogP contribution < -0.4 is 11.1 Å². The van der Waals surface area contributed by atoms with Gasteiger partial charge in [0.1, 0.15) is 0 Å². The van der Waals surface area contributed by atoms with Crippen LogP contribution in [0.1, 0.15) is 19.4 Å². The summed E-state index contributed by atoms with van der Waals surface area (Å²) in [5.41, 5.74) is 6.94. The molecule has 20 heavy (non-hydrogen) atoms. The summed E-state index contributed by atoms with van der Waals surface area (Å²) in [4.78, 5) is 11.9. The Labute approximate surface area is 126 Å². The lowest BCUT2D eigenvalue weighted by Gasteiger charge is -2.16. The summed E-state index contributed by atoms with van der Waals surface area (Å²) in [5.74, 6) is 0.0513. The fraction of sp³-hybridized carbons (Fsp3) is 0.312. The Morgan fingerprint density at radius 2 is 1.80 bits per heavy atom. The second-order valence-electron chi connectivity index (χ2n) is 5.13. The number of carbonyl (C=O) groups is 1. The number of halogens is 1. The Morgan fingerprint density at radius 3 is 2.50 bits per heavy atom. The number of rotatable bonds is 4. The molecule has 0 aliphatic heterocycles. The molecule has 0 aliphatic rings. The smallest absolute Gasteiger partial charge is 0.237 e. The zero-order valence-corrected chi connectivity index (χ0v) is 12.6. The van der Waals surface area contributed by atoms with Crippen LogP contribution in [0.5, 0.6) is 0 Å². The molecule has 0 spiro atoms. The molecule has 2 aromatic carbocycles. The normalized spacial score (nSPS) is 12.0. The van der Waals surface area contributed by atoms with Gasteiger partial charge in [-0.15, -0.1) is 12.4 Å². The second-order valence-corrected chi connectivity index (χ2v) is 5.13. The number of amides is 1. The molecule has 108 valence electrons. The number of nitrogens with one attached hydrogen (secondary N) is 1. The van der Waals surface area contributed by atoms with E-state index in [1.54, 1.807) is 0 Å². The number of nitrogens with two attached hydrogens (primary N) is 1. The van der Waals surface area contributed by atoms with Crippen molar-refractivity contribution < 1.29 is 4.79 Å². The van der Waals surface area contributed by atoms with E-state index in [-0.39, 0.29) is 24.2 Å². The van der Waals surface area contributed by atoms with E-state index in [1.807, 2.05) is 38.1 Å². The van der Waals surface area contributed by atoms with Crippen molar-refractivity contribution in [1.29, 1.82) is 0 Å². The SMILES string of the molecule is CC(C)[C@@H](N)C(=O)NCc1cccc2ccccc12.Cl. The third-order valence-electron chi connectivity index (χ3n) is 3.35. The van der Waals surface area contributed by atoms with Gasteiger partial charge in [0, 0.05) is 6.54 Å². The van der Waals surface area contributed by atoms with E-state index in [0.717, 1.165) is 5.56 Å². The first kappa shape index (κ1) is 16.5. The molecule has 0 unspecified atom stereocenters. The van der Waals surface area contributed by atoms with Crippen molar-refractivity contribution in [2.75, 3.05) is 0 Å². The van der Waals surface area contributed by atoms with Gasteiger partial charge in [-0.2, -0.15) is 0 Å². The van der Waals surface area contributed by atoms with E-state index in [4.69, 9.17) is 5.73 Å². The van der Waals surface area contributed by atoms with Crippen LogP contribution in [0.15, 0.2) is 42.5 Å². The maximum absolute atomic E-state index is 11.9. The molecule has 4 heteroatoms. The minimum absolute atomic E-state index is 0. The van der Waals surface area contributed by atoms with Crippen LogP contribution in [0.2, 0.25) is 0 Å². The second kappa shape index (κ2) is 7.27. The number of benzene rings is 2. The highest BCUT2D eigenvalue weighted by Gasteiger charge is 2.16. The fourth-order valence-corrected chi connectivity index (χ4v) is 2.05. The van der Waals surface area contributed by atoms with Crippen molar-refractivity contribution in [3.63, 3.8) is 0 Å². The van der Waals surface area contributed by atoms with Gasteiger partial charge in [0.2, 0.25) is 5.91 Å². The van der Waals surface area contributed by atoms with E-state index in [2.05, 4.69) is 23.5 Å². The number of hydrogen-bond donors (Lipinski definition) is 2. The molecule has 0 fully saturated rings. The first-order valence-electron chi connectivity index (χ1n) is 6.59. The van der Waals surface area contributed by atoms with Crippen molar-refractivity contribution in [3.8, 4) is 0 Å². The zero-order chi connectivity index (χ0) is 13.8. The van der Waals surface area contributed by atoms with E-state index in [9.17, 15) is 4.79 Å². The summed E-state index contributed by atoms with van der Waals surface area (Å²) < 4.78 is 0. The molecule has 3 N–H and O–H groups in total. The van der Waals surface area contributed by atoms with Crippen LogP contribution >= 0.6 is 12.4 Å². The Kier molecular flexibility index (Phi) is 5.99. The third kappa shape index (κ3) is 3.71. The Morgan fingerprint density at radius 1 is 1.15 bits per heavy atom. The Hall–Kier alpha value is -1.58. The molecule has 2 rings (SSSR count). The number of carbonyl (C=O) groups excluding carboxylic acids is 1. The largest absolute Gasteiger partial charge is 0.351 e. The van der Waals surface area contributed by atoms with Crippen molar-refractivity contribution in [3.05, 3.63) is 48.0 Å². The molecule has 0 saturated heterocycles. The summed E-state index contributed by atoms with van der Waals surface area (Å²) in [6.07, 6.45) is 0. The Bertz CT molecular complexity index is 578. The zero-order valence-electron chi connectivity index (χ0n) is 11.8. The maximum atomic E-state index is 11.9. The minimum atomic E-state index is -0.449. The molecule has 2 aromatic rings. The molecular weight excluding hydrogens is 272 g/mol. The fourth-order valence-electron chi connectivity index (χ4n) is 2.05. The third-order valence-corrected chi connectivity index (χ3v) is 3.35. The molecular formula is C16H21ClN2O. The molecule has 0 radical (unpaired) electrons. The highest BCUT2D eigenvalue weighted by Crippen LogP contribution is 2.18. The quantitative estimate of drug-likeness (QED) is 0.910. The molecule has 0 aromatic heterocycles. The highest BCUT2D eigenvalue weighted by atomic mass is 35.5. The van der Waals surface area contributed by atoms with Gasteiger partial charge in [-0.1, -0.05) is 56.3 Å². The topological polar surface area (TPSA) is 55.1 Å². The van der Waals surface area contributed by atoms with Crippen molar-refractivity contribution in [2.45, 2.75) is 26.4 Å². The molecule has 1 atom stereocenters. The van der Waals surface area contributed by atoms with Crippen molar-refractivity contribution >= 4 is 29.1 Å². The lowest BCUT2D eigenvalue weighted by atomic mass is 10.0. The summed E-state index contributed by atoms with van der Waals surface area (Å²) in [6.45, 7) is 4.41. The van der Waals surface area contributed by atoms with Crippen LogP contribution in [-0.4, -0.2) is 11.9 Å². The molecule has 0 bridgehead atoms. The first-order valence-corrected chi connectivity index (χ1v) is 6.59. The predicted octanol–water partition coefficient (Wildman–Crippen LogP) is 2.86. The first-order chi connectivity index (χ1) is 9.09. The number of hydrogen-bond acceptors (Lipinski definition) is 2. The van der Waals surface area contributed by atoms with Gasteiger partial charge in [0.15, 0.2) is 0 Å². The van der Waals surface area contributed by atoms with E-state index >= 15 is 0 Å². The van der Waals surface area contributed by atoms with Gasteiger partial charge in [-0.25, -0.2) is 0 Å². The van der Waals surface area contributed by atoms with E-state index in [1.165, 1.54) is 10.8 Å². The average Bonchev–Trinajstić information content (AvgIpc) is 2.43. The van der Waals surface area contributed by atoms with E-state index < -0.39 is 6.04 Å². The summed E-state index contributed by atoms with van der Waals surface area (Å²) >= 11 is 0. The lowest BCUT2D eigenvalue weighted by Crippen LogP contribution is -2.43. The van der Waals surface area contributed by atoms with Gasteiger partial charge in [0.05, 0.1) is 6.04 Å².